The maximum atomic E-state index is 12.3. The largest absolute Gasteiger partial charge is 0.398 e. The van der Waals surface area contributed by atoms with Crippen molar-refractivity contribution in [2.75, 3.05) is 7.11 Å². The zero-order chi connectivity index (χ0) is 15.2. The quantitative estimate of drug-likeness (QED) is 0.384. The van der Waals surface area contributed by atoms with Crippen LogP contribution in [-0.2, 0) is 4.84 Å². The molecule has 0 aliphatic rings. The highest BCUT2D eigenvalue weighted by atomic mass is 35.5. The highest BCUT2D eigenvalue weighted by Crippen LogP contribution is 2.19. The lowest BCUT2D eigenvalue weighted by atomic mass is 10.1. The van der Waals surface area contributed by atoms with Crippen LogP contribution in [0.1, 0.15) is 26.4 Å². The van der Waals surface area contributed by atoms with Gasteiger partial charge in [-0.2, -0.15) is 0 Å². The summed E-state index contributed by atoms with van der Waals surface area (Å²) in [5.41, 5.74) is 0.955. The van der Waals surface area contributed by atoms with Crippen molar-refractivity contribution in [2.45, 2.75) is 0 Å². The highest BCUT2D eigenvalue weighted by molar-refractivity contribution is 6.35. The first kappa shape index (κ1) is 14.8. The number of aromatic amines is 1. The third-order valence-corrected chi connectivity index (χ3v) is 2.99. The molecular weight excluding hydrogens is 294 g/mol. The number of H-pyrrole nitrogens is 1. The van der Waals surface area contributed by atoms with Crippen LogP contribution in [0.5, 0.6) is 0 Å². The van der Waals surface area contributed by atoms with Gasteiger partial charge in [-0.3, -0.25) is 9.59 Å². The van der Waals surface area contributed by atoms with Gasteiger partial charge in [-0.1, -0.05) is 28.9 Å². The van der Waals surface area contributed by atoms with Gasteiger partial charge in [-0.05, 0) is 18.2 Å². The van der Waals surface area contributed by atoms with E-state index in [0.717, 1.165) is 6.34 Å². The second-order valence-electron chi connectivity index (χ2n) is 4.00. The number of carbonyl (C=O) groups excluding carboxylic acids is 2. The molecule has 0 fully saturated rings. The van der Waals surface area contributed by atoms with Crippen molar-refractivity contribution in [1.29, 1.82) is 0 Å². The molecule has 0 aliphatic carbocycles. The molecule has 1 heterocycles. The Bertz CT molecular complexity index is 694. The summed E-state index contributed by atoms with van der Waals surface area (Å²) in [6, 6.07) is 8.17. The average Bonchev–Trinajstić information content (AvgIpc) is 2.97. The van der Waals surface area contributed by atoms with Crippen LogP contribution in [0.2, 0.25) is 5.02 Å². The number of halogens is 1. The number of benzene rings is 1. The summed E-state index contributed by atoms with van der Waals surface area (Å²) in [5, 5.41) is 6.13. The normalized spacial score (nSPS) is 10.6. The van der Waals surface area contributed by atoms with E-state index in [1.807, 2.05) is 0 Å². The number of carbonyl (C=O) groups is 2. The maximum Gasteiger partial charge on any atom is 0.272 e. The molecule has 0 saturated heterocycles. The molecule has 21 heavy (non-hydrogen) atoms. The molecule has 2 aromatic rings. The van der Waals surface area contributed by atoms with Crippen molar-refractivity contribution in [3.05, 3.63) is 58.4 Å². The molecule has 2 N–H and O–H groups in total. The van der Waals surface area contributed by atoms with Crippen molar-refractivity contribution >= 4 is 29.6 Å². The Hall–Kier alpha value is -2.60. The summed E-state index contributed by atoms with van der Waals surface area (Å²) in [6.07, 6.45) is 2.56. The molecule has 0 saturated carbocycles. The fraction of sp³-hybridized carbons (Fsp3) is 0.0714. The zero-order valence-electron chi connectivity index (χ0n) is 11.1. The Morgan fingerprint density at radius 3 is 2.86 bits per heavy atom. The monoisotopic (exact) mass is 305 g/mol. The predicted octanol–water partition coefficient (Wildman–Crippen LogP) is 2.22. The summed E-state index contributed by atoms with van der Waals surface area (Å²) in [6.45, 7) is 0. The minimum Gasteiger partial charge on any atom is -0.398 e. The van der Waals surface area contributed by atoms with E-state index in [1.165, 1.54) is 19.4 Å². The molecule has 7 heteroatoms. The topological polar surface area (TPSA) is 83.5 Å². The molecule has 0 aliphatic heterocycles. The third-order valence-electron chi connectivity index (χ3n) is 2.66. The molecule has 0 bridgehead atoms. The van der Waals surface area contributed by atoms with Crippen LogP contribution in [0.25, 0.3) is 0 Å². The highest BCUT2D eigenvalue weighted by Gasteiger charge is 2.16. The average molecular weight is 306 g/mol. The first-order valence-corrected chi connectivity index (χ1v) is 6.34. The Morgan fingerprint density at radius 1 is 1.38 bits per heavy atom. The van der Waals surface area contributed by atoms with Gasteiger partial charge in [-0.25, -0.2) is 0 Å². The number of nitrogens with one attached hydrogen (secondary N) is 2. The lowest BCUT2D eigenvalue weighted by Crippen LogP contribution is -2.21. The van der Waals surface area contributed by atoms with E-state index in [1.54, 1.807) is 24.3 Å². The van der Waals surface area contributed by atoms with E-state index in [2.05, 4.69) is 20.3 Å². The summed E-state index contributed by atoms with van der Waals surface area (Å²) in [4.78, 5) is 31.2. The van der Waals surface area contributed by atoms with Crippen molar-refractivity contribution < 1.29 is 14.4 Å². The van der Waals surface area contributed by atoms with E-state index in [-0.39, 0.29) is 11.5 Å². The van der Waals surface area contributed by atoms with Gasteiger partial charge < -0.3 is 15.1 Å². The minimum atomic E-state index is -0.436. The first-order valence-electron chi connectivity index (χ1n) is 5.97. The third kappa shape index (κ3) is 3.49. The molecule has 2 rings (SSSR count). The van der Waals surface area contributed by atoms with Gasteiger partial charge in [-0.15, -0.1) is 0 Å². The van der Waals surface area contributed by atoms with Crippen LogP contribution in [0.4, 0.5) is 0 Å². The number of hydrogen-bond acceptors (Lipinski definition) is 4. The van der Waals surface area contributed by atoms with Crippen molar-refractivity contribution in [3.8, 4) is 0 Å². The predicted molar refractivity (Wildman–Crippen MR) is 78.6 cm³/mol. The lowest BCUT2D eigenvalue weighted by Gasteiger charge is -2.00. The van der Waals surface area contributed by atoms with Crippen LogP contribution in [0, 0.1) is 0 Å². The molecule has 0 spiro atoms. The molecule has 0 unspecified atom stereocenters. The minimum absolute atomic E-state index is 0.230. The summed E-state index contributed by atoms with van der Waals surface area (Å²) < 4.78 is 0. The van der Waals surface area contributed by atoms with Gasteiger partial charge in [0.05, 0.1) is 5.02 Å². The fourth-order valence-electron chi connectivity index (χ4n) is 1.67. The van der Waals surface area contributed by atoms with Gasteiger partial charge in [0.25, 0.3) is 5.91 Å². The van der Waals surface area contributed by atoms with Gasteiger partial charge >= 0.3 is 0 Å². The number of oxime groups is 1. The number of aromatic nitrogens is 1. The molecule has 1 amide bonds. The van der Waals surface area contributed by atoms with E-state index >= 15 is 0 Å². The van der Waals surface area contributed by atoms with Crippen molar-refractivity contribution in [2.24, 2.45) is 5.16 Å². The SMILES string of the molecule is CO/N=C/NC(=O)c1cc(C(=O)c2ccccc2Cl)c[nH]1. The van der Waals surface area contributed by atoms with Crippen LogP contribution >= 0.6 is 11.6 Å². The van der Waals surface area contributed by atoms with E-state index < -0.39 is 5.91 Å². The maximum absolute atomic E-state index is 12.3. The van der Waals surface area contributed by atoms with Gasteiger partial charge in [0.2, 0.25) is 0 Å². The summed E-state index contributed by atoms with van der Waals surface area (Å²) in [7, 11) is 1.36. The Balaban J connectivity index is 2.16. The van der Waals surface area contributed by atoms with Gasteiger partial charge in [0.1, 0.15) is 19.1 Å². The fourth-order valence-corrected chi connectivity index (χ4v) is 1.89. The molecule has 1 aromatic heterocycles. The number of amides is 1. The second kappa shape index (κ2) is 6.71. The van der Waals surface area contributed by atoms with Crippen molar-refractivity contribution in [3.63, 3.8) is 0 Å². The second-order valence-corrected chi connectivity index (χ2v) is 4.41. The molecule has 1 aromatic carbocycles. The van der Waals surface area contributed by atoms with E-state index in [4.69, 9.17) is 11.6 Å². The van der Waals surface area contributed by atoms with Crippen molar-refractivity contribution in [1.82, 2.24) is 10.3 Å². The van der Waals surface area contributed by atoms with Crippen LogP contribution < -0.4 is 5.32 Å². The Morgan fingerprint density at radius 2 is 2.14 bits per heavy atom. The Labute approximate surface area is 125 Å². The van der Waals surface area contributed by atoms with Gasteiger partial charge in [0, 0.05) is 17.3 Å². The number of rotatable bonds is 5. The number of hydrogen-bond donors (Lipinski definition) is 2. The number of ketones is 1. The summed E-state index contributed by atoms with van der Waals surface area (Å²) >= 11 is 5.98. The molecular formula is C14H12ClN3O3. The molecule has 0 atom stereocenters. The van der Waals surface area contributed by atoms with Gasteiger partial charge in [0.15, 0.2) is 5.78 Å². The van der Waals surface area contributed by atoms with E-state index in [9.17, 15) is 9.59 Å². The zero-order valence-corrected chi connectivity index (χ0v) is 11.8. The molecule has 108 valence electrons. The number of nitrogens with zero attached hydrogens (tertiary/aromatic N) is 1. The van der Waals surface area contributed by atoms with Crippen LogP contribution in [0.3, 0.4) is 0 Å². The summed E-state index contributed by atoms with van der Waals surface area (Å²) in [5.74, 6) is -0.699. The van der Waals surface area contributed by atoms with E-state index in [0.29, 0.717) is 16.1 Å². The Kier molecular flexibility index (Phi) is 4.73. The molecule has 6 nitrogen and oxygen atoms in total. The van der Waals surface area contributed by atoms with Crippen LogP contribution in [0.15, 0.2) is 41.7 Å². The van der Waals surface area contributed by atoms with Crippen LogP contribution in [-0.4, -0.2) is 30.1 Å². The standard InChI is InChI=1S/C14H12ClN3O3/c1-21-18-8-17-14(20)12-6-9(7-16-12)13(19)10-4-2-3-5-11(10)15/h2-8,16H,1H3,(H,17,18,20). The lowest BCUT2D eigenvalue weighted by molar-refractivity contribution is 0.0972. The first-order chi connectivity index (χ1) is 10.1. The smallest absolute Gasteiger partial charge is 0.272 e. The molecule has 0 radical (unpaired) electrons.